The van der Waals surface area contributed by atoms with Crippen LogP contribution in [0.15, 0.2) is 0 Å². The molecule has 2 aliphatic rings. The molecule has 0 aromatic rings. The molecular formula is C10H19NOS. The molecule has 1 N–H and O–H groups in total. The lowest BCUT2D eigenvalue weighted by Crippen LogP contribution is -2.27. The van der Waals surface area contributed by atoms with Gasteiger partial charge < -0.3 is 5.11 Å². The Balaban J connectivity index is 1.71. The summed E-state index contributed by atoms with van der Waals surface area (Å²) in [4.78, 5) is 0. The van der Waals surface area contributed by atoms with Crippen molar-refractivity contribution in [2.45, 2.75) is 25.7 Å². The quantitative estimate of drug-likeness (QED) is 0.677. The molecule has 2 rings (SSSR count). The highest BCUT2D eigenvalue weighted by Gasteiger charge is 2.42. The molecule has 0 aromatic carbocycles. The van der Waals surface area contributed by atoms with E-state index >= 15 is 0 Å². The van der Waals surface area contributed by atoms with E-state index in [1.807, 2.05) is 0 Å². The number of hydrogen-bond acceptors (Lipinski definition) is 3. The lowest BCUT2D eigenvalue weighted by atomic mass is 9.91. The van der Waals surface area contributed by atoms with Gasteiger partial charge in [-0.3, -0.25) is 4.31 Å². The summed E-state index contributed by atoms with van der Waals surface area (Å²) >= 11 is 4.35. The Kier molecular flexibility index (Phi) is 3.17. The van der Waals surface area contributed by atoms with Crippen molar-refractivity contribution in [3.8, 4) is 0 Å². The summed E-state index contributed by atoms with van der Waals surface area (Å²) in [6.07, 6.45) is 5.04. The molecule has 0 aromatic heterocycles. The zero-order chi connectivity index (χ0) is 9.26. The first kappa shape index (κ1) is 9.81. The van der Waals surface area contributed by atoms with Crippen molar-refractivity contribution in [1.29, 1.82) is 0 Å². The summed E-state index contributed by atoms with van der Waals surface area (Å²) in [6.45, 7) is 2.68. The average molecular weight is 201 g/mol. The second-order valence-electron chi connectivity index (χ2n) is 4.46. The summed E-state index contributed by atoms with van der Waals surface area (Å²) in [7, 11) is 0. The van der Waals surface area contributed by atoms with E-state index in [-0.39, 0.29) is 0 Å². The maximum atomic E-state index is 8.81. The molecule has 0 bridgehead atoms. The van der Waals surface area contributed by atoms with Crippen LogP contribution in [0, 0.1) is 17.8 Å². The molecule has 3 heteroatoms. The van der Waals surface area contributed by atoms with Gasteiger partial charge in [-0.05, 0) is 43.4 Å². The van der Waals surface area contributed by atoms with Gasteiger partial charge in [0.2, 0.25) is 0 Å². The van der Waals surface area contributed by atoms with Crippen molar-refractivity contribution in [3.05, 3.63) is 0 Å². The van der Waals surface area contributed by atoms with E-state index in [9.17, 15) is 0 Å². The maximum Gasteiger partial charge on any atom is 0.0433 e. The lowest BCUT2D eigenvalue weighted by Gasteiger charge is -2.28. The molecule has 2 atom stereocenters. The first-order chi connectivity index (χ1) is 6.31. The zero-order valence-electron chi connectivity index (χ0n) is 8.02. The van der Waals surface area contributed by atoms with Gasteiger partial charge in [-0.25, -0.2) is 0 Å². The highest BCUT2D eigenvalue weighted by molar-refractivity contribution is 7.77. The number of piperidine rings is 1. The Morgan fingerprint density at radius 2 is 2.00 bits per heavy atom. The van der Waals surface area contributed by atoms with Gasteiger partial charge in [0.25, 0.3) is 0 Å². The fourth-order valence-electron chi connectivity index (χ4n) is 2.66. The van der Waals surface area contributed by atoms with Crippen LogP contribution in [0.3, 0.4) is 0 Å². The minimum absolute atomic E-state index is 0.382. The molecule has 0 amide bonds. The molecular weight excluding hydrogens is 182 g/mol. The van der Waals surface area contributed by atoms with E-state index in [1.54, 1.807) is 0 Å². The van der Waals surface area contributed by atoms with Gasteiger partial charge in [0.1, 0.15) is 0 Å². The van der Waals surface area contributed by atoms with Gasteiger partial charge in [-0.15, -0.1) is 0 Å². The number of rotatable bonds is 3. The Bertz CT molecular complexity index is 168. The van der Waals surface area contributed by atoms with E-state index in [0.29, 0.717) is 6.61 Å². The molecule has 13 heavy (non-hydrogen) atoms. The molecule has 2 nitrogen and oxygen atoms in total. The van der Waals surface area contributed by atoms with Crippen LogP contribution in [0.25, 0.3) is 0 Å². The number of aliphatic hydroxyl groups excluding tert-OH is 1. The van der Waals surface area contributed by atoms with Crippen LogP contribution in [0.2, 0.25) is 0 Å². The topological polar surface area (TPSA) is 23.5 Å². The van der Waals surface area contributed by atoms with E-state index in [1.165, 1.54) is 19.3 Å². The smallest absolute Gasteiger partial charge is 0.0433 e. The number of nitrogens with zero attached hydrogens (tertiary/aromatic N) is 1. The van der Waals surface area contributed by atoms with Crippen molar-refractivity contribution < 1.29 is 5.11 Å². The fourth-order valence-corrected chi connectivity index (χ4v) is 2.89. The summed E-state index contributed by atoms with van der Waals surface area (Å²) in [5.74, 6) is 2.72. The van der Waals surface area contributed by atoms with Crippen LogP contribution in [0.4, 0.5) is 0 Å². The van der Waals surface area contributed by atoms with E-state index < -0.39 is 0 Å². The molecule has 1 saturated heterocycles. The first-order valence-corrected chi connectivity index (χ1v) is 5.76. The van der Waals surface area contributed by atoms with Gasteiger partial charge in [0.15, 0.2) is 0 Å². The third-order valence-corrected chi connectivity index (χ3v) is 4.00. The largest absolute Gasteiger partial charge is 0.396 e. The molecule has 1 aliphatic heterocycles. The van der Waals surface area contributed by atoms with E-state index in [4.69, 9.17) is 5.11 Å². The molecule has 76 valence electrons. The van der Waals surface area contributed by atoms with Crippen LogP contribution in [0.5, 0.6) is 0 Å². The Morgan fingerprint density at radius 3 is 2.62 bits per heavy atom. The van der Waals surface area contributed by atoms with Crippen molar-refractivity contribution in [3.63, 3.8) is 0 Å². The molecule has 2 fully saturated rings. The molecule has 0 spiro atoms. The highest BCUT2D eigenvalue weighted by Crippen LogP contribution is 2.49. The zero-order valence-corrected chi connectivity index (χ0v) is 8.92. The van der Waals surface area contributed by atoms with Gasteiger partial charge in [-0.1, -0.05) is 12.8 Å². The SMILES string of the molecule is OCCC1CC1C1CCN(S)CC1. The van der Waals surface area contributed by atoms with Crippen LogP contribution in [-0.4, -0.2) is 29.1 Å². The van der Waals surface area contributed by atoms with Crippen molar-refractivity contribution >= 4 is 12.8 Å². The number of thiol groups is 1. The predicted molar refractivity (Wildman–Crippen MR) is 56.6 cm³/mol. The summed E-state index contributed by atoms with van der Waals surface area (Å²) in [6, 6.07) is 0. The first-order valence-electron chi connectivity index (χ1n) is 5.36. The maximum absolute atomic E-state index is 8.81. The minimum Gasteiger partial charge on any atom is -0.396 e. The second-order valence-corrected chi connectivity index (χ2v) is 5.03. The fraction of sp³-hybridized carbons (Fsp3) is 1.00. The Morgan fingerprint density at radius 1 is 1.31 bits per heavy atom. The highest BCUT2D eigenvalue weighted by atomic mass is 32.1. The number of hydrogen-bond donors (Lipinski definition) is 2. The van der Waals surface area contributed by atoms with Gasteiger partial charge in [0.05, 0.1) is 0 Å². The summed E-state index contributed by atoms with van der Waals surface area (Å²) in [5.41, 5.74) is 0. The van der Waals surface area contributed by atoms with Gasteiger partial charge >= 0.3 is 0 Å². The Labute approximate surface area is 85.9 Å². The number of aliphatic hydroxyl groups is 1. The predicted octanol–water partition coefficient (Wildman–Crippen LogP) is 1.56. The van der Waals surface area contributed by atoms with Crippen molar-refractivity contribution in [1.82, 2.24) is 4.31 Å². The third-order valence-electron chi connectivity index (χ3n) is 3.60. The van der Waals surface area contributed by atoms with E-state index in [0.717, 1.165) is 37.3 Å². The molecule has 1 heterocycles. The van der Waals surface area contributed by atoms with Crippen LogP contribution < -0.4 is 0 Å². The normalized spacial score (nSPS) is 36.5. The standard InChI is InChI=1S/C10H19NOS/c12-6-3-9-7-10(9)8-1-4-11(13)5-2-8/h8-10,12-13H,1-7H2. The van der Waals surface area contributed by atoms with Gasteiger partial charge in [-0.2, -0.15) is 0 Å². The molecule has 0 radical (unpaired) electrons. The summed E-state index contributed by atoms with van der Waals surface area (Å²) < 4.78 is 2.12. The second kappa shape index (κ2) is 4.20. The third kappa shape index (κ3) is 2.39. The van der Waals surface area contributed by atoms with E-state index in [2.05, 4.69) is 17.1 Å². The Hall–Kier alpha value is 0.270. The van der Waals surface area contributed by atoms with Crippen LogP contribution in [-0.2, 0) is 0 Å². The average Bonchev–Trinajstić information content (AvgIpc) is 2.86. The molecule has 1 aliphatic carbocycles. The minimum atomic E-state index is 0.382. The van der Waals surface area contributed by atoms with Crippen LogP contribution in [0.1, 0.15) is 25.7 Å². The molecule has 1 saturated carbocycles. The lowest BCUT2D eigenvalue weighted by molar-refractivity contribution is 0.243. The van der Waals surface area contributed by atoms with Gasteiger partial charge in [0, 0.05) is 19.7 Å². The summed E-state index contributed by atoms with van der Waals surface area (Å²) in [5, 5.41) is 8.81. The van der Waals surface area contributed by atoms with Crippen molar-refractivity contribution in [2.24, 2.45) is 17.8 Å². The molecule has 2 unspecified atom stereocenters. The van der Waals surface area contributed by atoms with Crippen molar-refractivity contribution in [2.75, 3.05) is 19.7 Å². The monoisotopic (exact) mass is 201 g/mol. The van der Waals surface area contributed by atoms with Crippen LogP contribution >= 0.6 is 12.8 Å².